The van der Waals surface area contributed by atoms with Gasteiger partial charge >= 0.3 is 12.2 Å². The number of fused-ring (bicyclic) bond motifs is 1. The van der Waals surface area contributed by atoms with Crippen LogP contribution < -0.4 is 16.0 Å². The summed E-state index contributed by atoms with van der Waals surface area (Å²) in [5.41, 5.74) is 1.31. The van der Waals surface area contributed by atoms with Crippen molar-refractivity contribution in [3.05, 3.63) is 24.0 Å². The minimum absolute atomic E-state index is 0.0615. The SMILES string of the molecule is Cc1cc2nccc(NC(=O)NCCC(NC3CC3)C(F)(F)F)n2n1. The Bertz CT molecular complexity index is 755. The van der Waals surface area contributed by atoms with Crippen LogP contribution in [0.25, 0.3) is 5.65 Å². The largest absolute Gasteiger partial charge is 0.403 e. The molecular weight excluding hydrogens is 337 g/mol. The number of aryl methyl sites for hydroxylation is 1. The lowest BCUT2D eigenvalue weighted by atomic mass is 10.2. The van der Waals surface area contributed by atoms with Gasteiger partial charge in [0.05, 0.1) is 5.69 Å². The maximum atomic E-state index is 12.9. The number of anilines is 1. The average Bonchev–Trinajstić information content (AvgIpc) is 3.25. The molecule has 7 nitrogen and oxygen atoms in total. The Morgan fingerprint density at radius 1 is 1.44 bits per heavy atom. The topological polar surface area (TPSA) is 83.3 Å². The lowest BCUT2D eigenvalue weighted by Crippen LogP contribution is -2.45. The van der Waals surface area contributed by atoms with Crippen LogP contribution in [-0.4, -0.2) is 45.4 Å². The molecule has 0 saturated heterocycles. The van der Waals surface area contributed by atoms with E-state index in [0.29, 0.717) is 11.5 Å². The number of aromatic nitrogens is 3. The molecule has 2 heterocycles. The van der Waals surface area contributed by atoms with Gasteiger partial charge in [0.1, 0.15) is 11.9 Å². The van der Waals surface area contributed by atoms with E-state index in [4.69, 9.17) is 0 Å². The molecule has 25 heavy (non-hydrogen) atoms. The monoisotopic (exact) mass is 356 g/mol. The fourth-order valence-corrected chi connectivity index (χ4v) is 2.47. The van der Waals surface area contributed by atoms with Gasteiger partial charge in [-0.1, -0.05) is 0 Å². The van der Waals surface area contributed by atoms with Crippen LogP contribution in [0.15, 0.2) is 18.3 Å². The maximum Gasteiger partial charge on any atom is 0.403 e. The zero-order chi connectivity index (χ0) is 18.0. The molecule has 1 fully saturated rings. The standard InChI is InChI=1S/C15H19F3N6O/c1-9-8-13-19-7-5-12(24(13)23-9)22-14(25)20-6-4-11(15(16,17)18)21-10-2-3-10/h5,7-8,10-11,21H,2-4,6H2,1H3,(H2,20,22,25). The van der Waals surface area contributed by atoms with Crippen molar-refractivity contribution in [1.29, 1.82) is 0 Å². The van der Waals surface area contributed by atoms with Crippen molar-refractivity contribution < 1.29 is 18.0 Å². The minimum atomic E-state index is -4.33. The Morgan fingerprint density at radius 3 is 2.88 bits per heavy atom. The van der Waals surface area contributed by atoms with E-state index < -0.39 is 18.2 Å². The van der Waals surface area contributed by atoms with Crippen molar-refractivity contribution in [2.45, 2.75) is 44.4 Å². The van der Waals surface area contributed by atoms with Gasteiger partial charge in [-0.05, 0) is 32.3 Å². The zero-order valence-electron chi connectivity index (χ0n) is 13.6. The minimum Gasteiger partial charge on any atom is -0.338 e. The summed E-state index contributed by atoms with van der Waals surface area (Å²) in [6.07, 6.45) is -1.50. The quantitative estimate of drug-likeness (QED) is 0.741. The molecule has 3 N–H and O–H groups in total. The van der Waals surface area contributed by atoms with Gasteiger partial charge < -0.3 is 10.6 Å². The molecule has 0 radical (unpaired) electrons. The van der Waals surface area contributed by atoms with Crippen LogP contribution in [0.4, 0.5) is 23.8 Å². The lowest BCUT2D eigenvalue weighted by molar-refractivity contribution is -0.157. The Kier molecular flexibility index (Phi) is 4.80. The van der Waals surface area contributed by atoms with Crippen molar-refractivity contribution in [2.75, 3.05) is 11.9 Å². The number of nitrogens with zero attached hydrogens (tertiary/aromatic N) is 3. The predicted molar refractivity (Wildman–Crippen MR) is 85.4 cm³/mol. The van der Waals surface area contributed by atoms with Gasteiger partial charge in [-0.15, -0.1) is 0 Å². The summed E-state index contributed by atoms with van der Waals surface area (Å²) in [6, 6.07) is 1.05. The van der Waals surface area contributed by atoms with E-state index in [9.17, 15) is 18.0 Å². The molecule has 2 aromatic rings. The fraction of sp³-hybridized carbons (Fsp3) is 0.533. The number of nitrogens with one attached hydrogen (secondary N) is 3. The van der Waals surface area contributed by atoms with E-state index in [2.05, 4.69) is 26.0 Å². The van der Waals surface area contributed by atoms with Crippen molar-refractivity contribution in [2.24, 2.45) is 0 Å². The second-order valence-corrected chi connectivity index (χ2v) is 6.09. The molecule has 136 valence electrons. The Morgan fingerprint density at radius 2 is 2.20 bits per heavy atom. The number of rotatable bonds is 6. The van der Waals surface area contributed by atoms with Crippen molar-refractivity contribution in [1.82, 2.24) is 25.2 Å². The number of hydrogen-bond acceptors (Lipinski definition) is 4. The third kappa shape index (κ3) is 4.59. The average molecular weight is 356 g/mol. The van der Waals surface area contributed by atoms with E-state index in [1.54, 1.807) is 19.1 Å². The number of halogens is 3. The summed E-state index contributed by atoms with van der Waals surface area (Å²) >= 11 is 0. The number of hydrogen-bond donors (Lipinski definition) is 3. The van der Waals surface area contributed by atoms with E-state index in [-0.39, 0.29) is 19.0 Å². The van der Waals surface area contributed by atoms with Crippen molar-refractivity contribution in [3.8, 4) is 0 Å². The molecule has 1 aliphatic carbocycles. The Hall–Kier alpha value is -2.36. The first-order chi connectivity index (χ1) is 11.8. The van der Waals surface area contributed by atoms with Gasteiger partial charge in [0.15, 0.2) is 5.65 Å². The molecule has 0 spiro atoms. The molecule has 0 bridgehead atoms. The van der Waals surface area contributed by atoms with Crippen molar-refractivity contribution >= 4 is 17.5 Å². The van der Waals surface area contributed by atoms with E-state index in [1.165, 1.54) is 10.7 Å². The lowest BCUT2D eigenvalue weighted by Gasteiger charge is -2.21. The zero-order valence-corrected chi connectivity index (χ0v) is 13.6. The van der Waals surface area contributed by atoms with E-state index >= 15 is 0 Å². The van der Waals surface area contributed by atoms with E-state index in [0.717, 1.165) is 18.5 Å². The highest BCUT2D eigenvalue weighted by atomic mass is 19.4. The second-order valence-electron chi connectivity index (χ2n) is 6.09. The molecule has 1 atom stereocenters. The first-order valence-electron chi connectivity index (χ1n) is 8.02. The fourth-order valence-electron chi connectivity index (χ4n) is 2.47. The molecule has 1 unspecified atom stereocenters. The van der Waals surface area contributed by atoms with Gasteiger partial charge in [-0.25, -0.2) is 9.78 Å². The molecule has 0 aliphatic heterocycles. The van der Waals surface area contributed by atoms with Gasteiger partial charge in [0.2, 0.25) is 0 Å². The number of carbonyl (C=O) groups is 1. The smallest absolute Gasteiger partial charge is 0.338 e. The second kappa shape index (κ2) is 6.87. The maximum absolute atomic E-state index is 12.9. The molecule has 1 saturated carbocycles. The van der Waals surface area contributed by atoms with Crippen LogP contribution in [0, 0.1) is 6.92 Å². The molecule has 3 rings (SSSR count). The van der Waals surface area contributed by atoms with Gasteiger partial charge in [0, 0.05) is 24.8 Å². The highest BCUT2D eigenvalue weighted by Crippen LogP contribution is 2.27. The Labute approximate surface area is 142 Å². The Balaban J connectivity index is 1.53. The number of urea groups is 1. The van der Waals surface area contributed by atoms with Gasteiger partial charge in [0.25, 0.3) is 0 Å². The van der Waals surface area contributed by atoms with Crippen LogP contribution in [0.3, 0.4) is 0 Å². The van der Waals surface area contributed by atoms with Gasteiger partial charge in [-0.2, -0.15) is 22.8 Å². The summed E-state index contributed by atoms with van der Waals surface area (Å²) in [5, 5.41) is 11.8. The summed E-state index contributed by atoms with van der Waals surface area (Å²) in [7, 11) is 0. The van der Waals surface area contributed by atoms with Crippen molar-refractivity contribution in [3.63, 3.8) is 0 Å². The van der Waals surface area contributed by atoms with Crippen LogP contribution in [0.1, 0.15) is 25.0 Å². The normalized spacial score (nSPS) is 16.0. The number of carbonyl (C=O) groups excluding carboxylic acids is 1. The molecular formula is C15H19F3N6O. The predicted octanol–water partition coefficient (Wildman–Crippen LogP) is 2.23. The van der Waals surface area contributed by atoms with Gasteiger partial charge in [-0.3, -0.25) is 5.32 Å². The summed E-state index contributed by atoms with van der Waals surface area (Å²) < 4.78 is 40.3. The summed E-state index contributed by atoms with van der Waals surface area (Å²) in [5.74, 6) is 0.388. The van der Waals surface area contributed by atoms with Crippen LogP contribution in [-0.2, 0) is 0 Å². The summed E-state index contributed by atoms with van der Waals surface area (Å²) in [4.78, 5) is 16.1. The molecule has 2 amide bonds. The first-order valence-corrected chi connectivity index (χ1v) is 8.02. The van der Waals surface area contributed by atoms with Crippen LogP contribution in [0.5, 0.6) is 0 Å². The molecule has 10 heteroatoms. The molecule has 2 aromatic heterocycles. The highest BCUT2D eigenvalue weighted by Gasteiger charge is 2.41. The third-order valence-electron chi connectivity index (χ3n) is 3.85. The van der Waals surface area contributed by atoms with Crippen LogP contribution >= 0.6 is 0 Å². The highest BCUT2D eigenvalue weighted by molar-refractivity contribution is 5.88. The van der Waals surface area contributed by atoms with E-state index in [1.807, 2.05) is 0 Å². The summed E-state index contributed by atoms with van der Waals surface area (Å²) in [6.45, 7) is 1.70. The molecule has 1 aliphatic rings. The number of amides is 2. The third-order valence-corrected chi connectivity index (χ3v) is 3.85. The first kappa shape index (κ1) is 17.5. The number of alkyl halides is 3. The molecule has 0 aromatic carbocycles. The van der Waals surface area contributed by atoms with Crippen LogP contribution in [0.2, 0.25) is 0 Å².